The SMILES string of the molecule is O=C(NCCN1CCCCC1)c1cc2c(c3ncccc13)NS(=O)(=O)c1ccccc1-2. The maximum Gasteiger partial charge on any atom is 0.262 e. The Hall–Kier alpha value is -2.97. The molecular formula is C23H24N4O3S. The van der Waals surface area contributed by atoms with Gasteiger partial charge in [0, 0.05) is 41.4 Å². The first kappa shape index (κ1) is 20.0. The smallest absolute Gasteiger partial charge is 0.262 e. The Kier molecular flexibility index (Phi) is 5.11. The van der Waals surface area contributed by atoms with Gasteiger partial charge in [-0.1, -0.05) is 30.7 Å². The molecule has 0 aliphatic carbocycles. The summed E-state index contributed by atoms with van der Waals surface area (Å²) in [7, 11) is -3.70. The van der Waals surface area contributed by atoms with E-state index in [1.807, 2.05) is 0 Å². The summed E-state index contributed by atoms with van der Waals surface area (Å²) < 4.78 is 28.2. The number of benzene rings is 2. The van der Waals surface area contributed by atoms with Crippen molar-refractivity contribution in [2.45, 2.75) is 24.2 Å². The lowest BCUT2D eigenvalue weighted by atomic mass is 9.96. The quantitative estimate of drug-likeness (QED) is 0.655. The molecule has 8 heteroatoms. The number of carbonyl (C=O) groups is 1. The zero-order chi connectivity index (χ0) is 21.4. The van der Waals surface area contributed by atoms with Gasteiger partial charge in [-0.2, -0.15) is 0 Å². The van der Waals surface area contributed by atoms with E-state index in [1.165, 1.54) is 19.3 Å². The number of fused-ring (bicyclic) bond motifs is 5. The van der Waals surface area contributed by atoms with Crippen LogP contribution in [-0.2, 0) is 10.0 Å². The first-order valence-electron chi connectivity index (χ1n) is 10.6. The normalized spacial score (nSPS) is 17.4. The Morgan fingerprint density at radius 1 is 1.06 bits per heavy atom. The number of hydrogen-bond acceptors (Lipinski definition) is 5. The first-order valence-corrected chi connectivity index (χ1v) is 12.1. The fourth-order valence-electron chi connectivity index (χ4n) is 4.47. The van der Waals surface area contributed by atoms with E-state index in [-0.39, 0.29) is 10.8 Å². The lowest BCUT2D eigenvalue weighted by Crippen LogP contribution is -2.37. The summed E-state index contributed by atoms with van der Waals surface area (Å²) in [6.07, 6.45) is 5.31. The van der Waals surface area contributed by atoms with E-state index < -0.39 is 10.0 Å². The molecule has 0 atom stereocenters. The van der Waals surface area contributed by atoms with Gasteiger partial charge in [-0.15, -0.1) is 0 Å². The second kappa shape index (κ2) is 7.94. The molecule has 3 heterocycles. The summed E-state index contributed by atoms with van der Waals surface area (Å²) in [4.78, 5) is 20.1. The third-order valence-corrected chi connectivity index (χ3v) is 7.41. The van der Waals surface area contributed by atoms with Crippen LogP contribution in [0.15, 0.2) is 53.6 Å². The molecule has 0 spiro atoms. The monoisotopic (exact) mass is 436 g/mol. The molecule has 1 amide bonds. The highest BCUT2D eigenvalue weighted by molar-refractivity contribution is 7.93. The van der Waals surface area contributed by atoms with Crippen LogP contribution in [0, 0.1) is 0 Å². The predicted molar refractivity (Wildman–Crippen MR) is 121 cm³/mol. The Bertz CT molecular complexity index is 1270. The number of rotatable bonds is 4. The highest BCUT2D eigenvalue weighted by atomic mass is 32.2. The minimum atomic E-state index is -3.70. The van der Waals surface area contributed by atoms with Gasteiger partial charge in [0.05, 0.1) is 16.1 Å². The molecule has 2 aliphatic heterocycles. The zero-order valence-electron chi connectivity index (χ0n) is 17.1. The van der Waals surface area contributed by atoms with Gasteiger partial charge in [0.15, 0.2) is 0 Å². The Morgan fingerprint density at radius 3 is 2.71 bits per heavy atom. The standard InChI is InChI=1S/C23H24N4O3S/c28-23(25-11-14-27-12-4-1-5-13-27)19-15-18-16-7-2-3-9-20(16)31(29,30)26-22(18)21-17(19)8-6-10-24-21/h2-3,6-10,15,26H,1,4-5,11-14H2,(H,25,28). The Balaban J connectivity index is 1.53. The highest BCUT2D eigenvalue weighted by Gasteiger charge is 2.30. The lowest BCUT2D eigenvalue weighted by Gasteiger charge is -2.26. The molecule has 1 fully saturated rings. The molecule has 2 N–H and O–H groups in total. The number of aromatic nitrogens is 1. The average Bonchev–Trinajstić information content (AvgIpc) is 2.79. The van der Waals surface area contributed by atoms with Crippen LogP contribution in [0.4, 0.5) is 5.69 Å². The predicted octanol–water partition coefficient (Wildman–Crippen LogP) is 3.23. The fraction of sp³-hybridized carbons (Fsp3) is 0.304. The lowest BCUT2D eigenvalue weighted by molar-refractivity contribution is 0.0948. The molecule has 2 aromatic carbocycles. The molecule has 7 nitrogen and oxygen atoms in total. The summed E-state index contributed by atoms with van der Waals surface area (Å²) in [5.74, 6) is -0.177. The van der Waals surface area contributed by atoms with Crippen LogP contribution in [0.2, 0.25) is 0 Å². The number of amides is 1. The molecule has 31 heavy (non-hydrogen) atoms. The highest BCUT2D eigenvalue weighted by Crippen LogP contribution is 2.43. The molecule has 0 saturated carbocycles. The van der Waals surface area contributed by atoms with Crippen LogP contribution in [0.5, 0.6) is 0 Å². The zero-order valence-corrected chi connectivity index (χ0v) is 17.9. The molecule has 0 bridgehead atoms. The van der Waals surface area contributed by atoms with Gasteiger partial charge in [0.1, 0.15) is 0 Å². The summed E-state index contributed by atoms with van der Waals surface area (Å²) in [6.45, 7) is 3.56. The van der Waals surface area contributed by atoms with Crippen LogP contribution in [0.1, 0.15) is 29.6 Å². The first-order chi connectivity index (χ1) is 15.0. The Morgan fingerprint density at radius 2 is 1.87 bits per heavy atom. The number of carbonyl (C=O) groups excluding carboxylic acids is 1. The summed E-state index contributed by atoms with van der Waals surface area (Å²) in [6, 6.07) is 12.2. The maximum absolute atomic E-state index is 13.1. The summed E-state index contributed by atoms with van der Waals surface area (Å²) in [5.41, 5.74) is 2.62. The average molecular weight is 437 g/mol. The minimum absolute atomic E-state index is 0.177. The third kappa shape index (κ3) is 3.66. The number of piperidine rings is 1. The van der Waals surface area contributed by atoms with E-state index in [9.17, 15) is 13.2 Å². The maximum atomic E-state index is 13.1. The van der Waals surface area contributed by atoms with Crippen molar-refractivity contribution in [3.05, 3.63) is 54.2 Å². The minimum Gasteiger partial charge on any atom is -0.351 e. The second-order valence-electron chi connectivity index (χ2n) is 8.01. The number of sulfonamides is 1. The van der Waals surface area contributed by atoms with Gasteiger partial charge in [-0.05, 0) is 44.1 Å². The van der Waals surface area contributed by atoms with Crippen LogP contribution in [-0.4, -0.2) is 50.4 Å². The van der Waals surface area contributed by atoms with E-state index in [0.717, 1.165) is 19.6 Å². The van der Waals surface area contributed by atoms with Gasteiger partial charge >= 0.3 is 0 Å². The number of anilines is 1. The van der Waals surface area contributed by atoms with E-state index in [4.69, 9.17) is 0 Å². The number of pyridine rings is 1. The van der Waals surface area contributed by atoms with Crippen molar-refractivity contribution < 1.29 is 13.2 Å². The number of hydrogen-bond donors (Lipinski definition) is 2. The van der Waals surface area contributed by atoms with Crippen molar-refractivity contribution in [1.29, 1.82) is 0 Å². The van der Waals surface area contributed by atoms with Gasteiger partial charge < -0.3 is 10.2 Å². The number of nitrogens with one attached hydrogen (secondary N) is 2. The van der Waals surface area contributed by atoms with Crippen LogP contribution in [0.25, 0.3) is 22.0 Å². The molecule has 1 saturated heterocycles. The molecule has 0 unspecified atom stereocenters. The largest absolute Gasteiger partial charge is 0.351 e. The van der Waals surface area contributed by atoms with E-state index in [0.29, 0.717) is 39.8 Å². The molecule has 5 rings (SSSR count). The van der Waals surface area contributed by atoms with Crippen molar-refractivity contribution >= 4 is 32.5 Å². The number of likely N-dealkylation sites (tertiary alicyclic amines) is 1. The van der Waals surface area contributed by atoms with Crippen molar-refractivity contribution in [2.24, 2.45) is 0 Å². The topological polar surface area (TPSA) is 91.4 Å². The van der Waals surface area contributed by atoms with Gasteiger partial charge in [0.25, 0.3) is 15.9 Å². The van der Waals surface area contributed by atoms with E-state index in [2.05, 4.69) is 19.9 Å². The van der Waals surface area contributed by atoms with Crippen molar-refractivity contribution in [3.63, 3.8) is 0 Å². The van der Waals surface area contributed by atoms with Crippen molar-refractivity contribution in [1.82, 2.24) is 15.2 Å². The molecule has 160 valence electrons. The fourth-order valence-corrected chi connectivity index (χ4v) is 5.78. The van der Waals surface area contributed by atoms with Gasteiger partial charge in [-0.25, -0.2) is 8.42 Å². The van der Waals surface area contributed by atoms with Crippen LogP contribution >= 0.6 is 0 Å². The molecular weight excluding hydrogens is 412 g/mol. The summed E-state index contributed by atoms with van der Waals surface area (Å²) >= 11 is 0. The van der Waals surface area contributed by atoms with Crippen molar-refractivity contribution in [2.75, 3.05) is 30.9 Å². The molecule has 2 aliphatic rings. The third-order valence-electron chi connectivity index (χ3n) is 6.00. The van der Waals surface area contributed by atoms with E-state index in [1.54, 1.807) is 48.7 Å². The molecule has 1 aromatic heterocycles. The Labute approximate surface area is 181 Å². The van der Waals surface area contributed by atoms with Crippen LogP contribution < -0.4 is 10.0 Å². The van der Waals surface area contributed by atoms with Gasteiger partial charge in [-0.3, -0.25) is 14.5 Å². The van der Waals surface area contributed by atoms with E-state index >= 15 is 0 Å². The van der Waals surface area contributed by atoms with Gasteiger partial charge in [0.2, 0.25) is 0 Å². The summed E-state index contributed by atoms with van der Waals surface area (Å²) in [5, 5.41) is 3.66. The number of nitrogens with zero attached hydrogens (tertiary/aromatic N) is 2. The second-order valence-corrected chi connectivity index (χ2v) is 9.66. The van der Waals surface area contributed by atoms with Crippen molar-refractivity contribution in [3.8, 4) is 11.1 Å². The molecule has 3 aromatic rings. The van der Waals surface area contributed by atoms with Crippen LogP contribution in [0.3, 0.4) is 0 Å². The molecule has 0 radical (unpaired) electrons.